The van der Waals surface area contributed by atoms with E-state index in [9.17, 15) is 8.42 Å². The van der Waals surface area contributed by atoms with Gasteiger partial charge in [-0.1, -0.05) is 5.16 Å². The molecule has 2 heterocycles. The van der Waals surface area contributed by atoms with Gasteiger partial charge in [-0.3, -0.25) is 0 Å². The largest absolute Gasteiger partial charge is 0.338 e. The van der Waals surface area contributed by atoms with Gasteiger partial charge in [-0.25, -0.2) is 8.42 Å². The number of nitrogens with zero attached hydrogens (tertiary/aromatic N) is 2. The zero-order valence-corrected chi connectivity index (χ0v) is 8.33. The predicted molar refractivity (Wildman–Crippen MR) is 48.2 cm³/mol. The molecule has 1 atom stereocenters. The van der Waals surface area contributed by atoms with Crippen molar-refractivity contribution < 1.29 is 12.9 Å². The highest BCUT2D eigenvalue weighted by atomic mass is 32.2. The summed E-state index contributed by atoms with van der Waals surface area (Å²) < 4.78 is 27.0. The first-order chi connectivity index (χ1) is 6.66. The molecule has 0 aromatic carbocycles. The first-order valence-corrected chi connectivity index (χ1v) is 6.17. The maximum absolute atomic E-state index is 11.1. The number of nitrogens with one attached hydrogen (secondary N) is 1. The quantitative estimate of drug-likeness (QED) is 0.724. The first-order valence-electron chi connectivity index (χ1n) is 4.35. The van der Waals surface area contributed by atoms with Gasteiger partial charge in [0.25, 0.3) is 0 Å². The zero-order chi connectivity index (χ0) is 10.0. The van der Waals surface area contributed by atoms with Crippen LogP contribution in [0.2, 0.25) is 0 Å². The van der Waals surface area contributed by atoms with E-state index in [1.54, 1.807) is 0 Å². The molecule has 0 bridgehead atoms. The third kappa shape index (κ3) is 2.30. The summed E-state index contributed by atoms with van der Waals surface area (Å²) in [7, 11) is -2.82. The van der Waals surface area contributed by atoms with Gasteiger partial charge in [-0.05, 0) is 6.42 Å². The molecule has 7 heteroatoms. The van der Waals surface area contributed by atoms with E-state index in [-0.39, 0.29) is 17.5 Å². The van der Waals surface area contributed by atoms with Gasteiger partial charge in [0, 0.05) is 6.04 Å². The van der Waals surface area contributed by atoms with Crippen molar-refractivity contribution in [2.75, 3.05) is 11.5 Å². The number of hydrogen-bond donors (Lipinski definition) is 1. The molecule has 1 unspecified atom stereocenters. The Balaban J connectivity index is 1.83. The van der Waals surface area contributed by atoms with Crippen LogP contribution in [0.4, 0.5) is 0 Å². The lowest BCUT2D eigenvalue weighted by atomic mass is 10.3. The van der Waals surface area contributed by atoms with Gasteiger partial charge in [0.15, 0.2) is 16.2 Å². The van der Waals surface area contributed by atoms with Crippen LogP contribution in [0.3, 0.4) is 0 Å². The molecule has 2 rings (SSSR count). The van der Waals surface area contributed by atoms with Crippen molar-refractivity contribution in [2.45, 2.75) is 19.0 Å². The van der Waals surface area contributed by atoms with Gasteiger partial charge in [0.05, 0.1) is 18.1 Å². The summed E-state index contributed by atoms with van der Waals surface area (Å²) in [5.74, 6) is 0.963. The minimum atomic E-state index is -2.82. The lowest BCUT2D eigenvalue weighted by Crippen LogP contribution is -2.29. The van der Waals surface area contributed by atoms with E-state index in [0.29, 0.717) is 18.9 Å². The van der Waals surface area contributed by atoms with Crippen molar-refractivity contribution in [3.05, 3.63) is 12.2 Å². The van der Waals surface area contributed by atoms with Crippen LogP contribution in [0.15, 0.2) is 10.9 Å². The number of hydrogen-bond acceptors (Lipinski definition) is 6. The van der Waals surface area contributed by atoms with Crippen LogP contribution in [0, 0.1) is 0 Å². The topological polar surface area (TPSA) is 85.1 Å². The molecular formula is C7H11N3O3S. The fourth-order valence-electron chi connectivity index (χ4n) is 1.46. The second-order valence-electron chi connectivity index (χ2n) is 3.32. The standard InChI is InChI=1S/C7H11N3O3S/c11-14(12)2-1-6(4-14)8-3-7-9-5-10-13-7/h5-6,8H,1-4H2. The molecule has 6 nitrogen and oxygen atoms in total. The molecule has 0 spiro atoms. The summed E-state index contributed by atoms with van der Waals surface area (Å²) >= 11 is 0. The van der Waals surface area contributed by atoms with Gasteiger partial charge < -0.3 is 9.84 Å². The van der Waals surface area contributed by atoms with Crippen LogP contribution in [0.1, 0.15) is 12.3 Å². The van der Waals surface area contributed by atoms with Gasteiger partial charge in [0.2, 0.25) is 5.89 Å². The van der Waals surface area contributed by atoms with E-state index in [1.807, 2.05) is 0 Å². The van der Waals surface area contributed by atoms with Gasteiger partial charge in [-0.15, -0.1) is 0 Å². The summed E-state index contributed by atoms with van der Waals surface area (Å²) in [6.07, 6.45) is 1.98. The van der Waals surface area contributed by atoms with Crippen molar-refractivity contribution in [3.63, 3.8) is 0 Å². The van der Waals surface area contributed by atoms with Gasteiger partial charge in [-0.2, -0.15) is 4.98 Å². The molecule has 1 fully saturated rings. The maximum Gasteiger partial charge on any atom is 0.240 e. The molecule has 14 heavy (non-hydrogen) atoms. The second-order valence-corrected chi connectivity index (χ2v) is 5.54. The minimum absolute atomic E-state index is 0.0203. The molecule has 1 saturated heterocycles. The minimum Gasteiger partial charge on any atom is -0.338 e. The normalized spacial score (nSPS) is 25.3. The smallest absolute Gasteiger partial charge is 0.240 e. The van der Waals surface area contributed by atoms with Crippen LogP contribution in [0.5, 0.6) is 0 Å². The Morgan fingerprint density at radius 1 is 1.64 bits per heavy atom. The lowest BCUT2D eigenvalue weighted by molar-refractivity contribution is 0.359. The van der Waals surface area contributed by atoms with Crippen LogP contribution in [-0.4, -0.2) is 36.1 Å². The molecule has 78 valence electrons. The molecule has 1 N–H and O–H groups in total. The van der Waals surface area contributed by atoms with Crippen LogP contribution in [0.25, 0.3) is 0 Å². The fraction of sp³-hybridized carbons (Fsp3) is 0.714. The highest BCUT2D eigenvalue weighted by Gasteiger charge is 2.27. The number of rotatable bonds is 3. The van der Waals surface area contributed by atoms with E-state index >= 15 is 0 Å². The van der Waals surface area contributed by atoms with Crippen molar-refractivity contribution in [2.24, 2.45) is 0 Å². The molecule has 1 aliphatic rings. The monoisotopic (exact) mass is 217 g/mol. The Bertz CT molecular complexity index is 386. The molecule has 1 aliphatic heterocycles. The molecule has 1 aromatic heterocycles. The molecule has 0 saturated carbocycles. The molecule has 0 radical (unpaired) electrons. The van der Waals surface area contributed by atoms with E-state index in [1.165, 1.54) is 6.33 Å². The predicted octanol–water partition coefficient (Wildman–Crippen LogP) is -0.654. The summed E-state index contributed by atoms with van der Waals surface area (Å²) in [6, 6.07) is 0.0203. The maximum atomic E-state index is 11.1. The molecule has 1 aromatic rings. The summed E-state index contributed by atoms with van der Waals surface area (Å²) in [6.45, 7) is 0.431. The van der Waals surface area contributed by atoms with Gasteiger partial charge in [0.1, 0.15) is 0 Å². The highest BCUT2D eigenvalue weighted by Crippen LogP contribution is 2.11. The highest BCUT2D eigenvalue weighted by molar-refractivity contribution is 7.91. The molecular weight excluding hydrogens is 206 g/mol. The Kier molecular flexibility index (Phi) is 2.51. The van der Waals surface area contributed by atoms with E-state index in [4.69, 9.17) is 4.52 Å². The fourth-order valence-corrected chi connectivity index (χ4v) is 3.17. The van der Waals surface area contributed by atoms with Crippen LogP contribution in [-0.2, 0) is 16.4 Å². The average molecular weight is 217 g/mol. The van der Waals surface area contributed by atoms with Crippen LogP contribution < -0.4 is 5.32 Å². The first kappa shape index (κ1) is 9.60. The average Bonchev–Trinajstić information content (AvgIpc) is 2.70. The second kappa shape index (κ2) is 3.66. The summed E-state index contributed by atoms with van der Waals surface area (Å²) in [5, 5.41) is 6.52. The Morgan fingerprint density at radius 3 is 3.07 bits per heavy atom. The van der Waals surface area contributed by atoms with Crippen LogP contribution >= 0.6 is 0 Å². The Hall–Kier alpha value is -0.950. The zero-order valence-electron chi connectivity index (χ0n) is 7.51. The van der Waals surface area contributed by atoms with Crippen molar-refractivity contribution in [1.29, 1.82) is 0 Å². The van der Waals surface area contributed by atoms with Crippen molar-refractivity contribution in [1.82, 2.24) is 15.5 Å². The van der Waals surface area contributed by atoms with Gasteiger partial charge >= 0.3 is 0 Å². The Labute approximate surface area is 81.6 Å². The number of sulfone groups is 1. The van der Waals surface area contributed by atoms with Crippen molar-refractivity contribution in [3.8, 4) is 0 Å². The lowest BCUT2D eigenvalue weighted by Gasteiger charge is -2.06. The third-order valence-corrected chi connectivity index (χ3v) is 3.95. The summed E-state index contributed by atoms with van der Waals surface area (Å²) in [5.41, 5.74) is 0. The van der Waals surface area contributed by atoms with E-state index in [2.05, 4.69) is 15.5 Å². The van der Waals surface area contributed by atoms with Crippen molar-refractivity contribution >= 4 is 9.84 Å². The van der Waals surface area contributed by atoms with E-state index < -0.39 is 9.84 Å². The number of aromatic nitrogens is 2. The third-order valence-electron chi connectivity index (χ3n) is 2.18. The Morgan fingerprint density at radius 2 is 2.50 bits per heavy atom. The van der Waals surface area contributed by atoms with E-state index in [0.717, 1.165) is 0 Å². The summed E-state index contributed by atoms with van der Waals surface area (Å²) in [4.78, 5) is 3.82. The SMILES string of the molecule is O=S1(=O)CCC(NCc2ncno2)C1. The molecule has 0 aliphatic carbocycles. The molecule has 0 amide bonds.